The van der Waals surface area contributed by atoms with Crippen LogP contribution >= 0.6 is 0 Å². The predicted molar refractivity (Wildman–Crippen MR) is 70.4 cm³/mol. The number of rotatable bonds is 3. The molecule has 20 heavy (non-hydrogen) atoms. The lowest BCUT2D eigenvalue weighted by atomic mass is 10.2. The van der Waals surface area contributed by atoms with Crippen LogP contribution in [0.15, 0.2) is 31.0 Å². The van der Waals surface area contributed by atoms with Gasteiger partial charge in [0.2, 0.25) is 5.91 Å². The summed E-state index contributed by atoms with van der Waals surface area (Å²) in [5.41, 5.74) is 0.631. The smallest absolute Gasteiger partial charge is 0.243 e. The van der Waals surface area contributed by atoms with Gasteiger partial charge in [0.1, 0.15) is 18.7 Å². The summed E-state index contributed by atoms with van der Waals surface area (Å²) in [6.45, 7) is 1.70. The van der Waals surface area contributed by atoms with Gasteiger partial charge in [0.15, 0.2) is 5.82 Å². The molecule has 104 valence electrons. The molecule has 1 unspecified atom stereocenters. The summed E-state index contributed by atoms with van der Waals surface area (Å²) < 4.78 is 6.80. The van der Waals surface area contributed by atoms with Gasteiger partial charge in [-0.15, -0.1) is 0 Å². The average Bonchev–Trinajstić information content (AvgIpc) is 3.03. The maximum absolute atomic E-state index is 12.0. The summed E-state index contributed by atoms with van der Waals surface area (Å²) in [6, 6.07) is 3.21. The number of carbonyl (C=O) groups is 1. The molecule has 8 heteroatoms. The van der Waals surface area contributed by atoms with E-state index in [0.717, 1.165) is 0 Å². The summed E-state index contributed by atoms with van der Waals surface area (Å²) in [5, 5.41) is 9.87. The van der Waals surface area contributed by atoms with Crippen molar-refractivity contribution in [3.63, 3.8) is 0 Å². The number of aromatic nitrogens is 4. The quantitative estimate of drug-likeness (QED) is 0.790. The van der Waals surface area contributed by atoms with Gasteiger partial charge in [-0.2, -0.15) is 5.10 Å². The third-order valence-corrected chi connectivity index (χ3v) is 2.91. The van der Waals surface area contributed by atoms with Gasteiger partial charge in [-0.1, -0.05) is 0 Å². The molecule has 0 radical (unpaired) electrons. The second kappa shape index (κ2) is 5.76. The first-order valence-electron chi connectivity index (χ1n) is 6.26. The highest BCUT2D eigenvalue weighted by molar-refractivity contribution is 5.94. The minimum atomic E-state index is -0.321. The molecule has 0 spiro atoms. The van der Waals surface area contributed by atoms with Crippen LogP contribution in [0.1, 0.15) is 0 Å². The molecule has 3 rings (SSSR count). The topological polar surface area (TPSA) is 94.0 Å². The molecule has 1 atom stereocenters. The molecular formula is C12H14N6O2. The van der Waals surface area contributed by atoms with E-state index in [1.807, 2.05) is 0 Å². The maximum atomic E-state index is 12.0. The molecule has 1 aliphatic heterocycles. The van der Waals surface area contributed by atoms with Gasteiger partial charge in [-0.05, 0) is 12.1 Å². The van der Waals surface area contributed by atoms with Crippen molar-refractivity contribution in [2.24, 2.45) is 0 Å². The molecule has 2 aromatic rings. The van der Waals surface area contributed by atoms with E-state index >= 15 is 0 Å². The molecule has 0 saturated carbocycles. The third-order valence-electron chi connectivity index (χ3n) is 2.91. The number of nitrogens with one attached hydrogen (secondary N) is 2. The number of carbonyl (C=O) groups excluding carboxylic acids is 1. The first-order valence-corrected chi connectivity index (χ1v) is 6.26. The lowest BCUT2D eigenvalue weighted by Crippen LogP contribution is -2.48. The zero-order valence-electron chi connectivity index (χ0n) is 10.7. The van der Waals surface area contributed by atoms with Crippen molar-refractivity contribution in [1.82, 2.24) is 25.1 Å². The van der Waals surface area contributed by atoms with E-state index in [1.54, 1.807) is 29.3 Å². The molecule has 0 aromatic carbocycles. The Balaban J connectivity index is 1.64. The van der Waals surface area contributed by atoms with Crippen LogP contribution in [-0.4, -0.2) is 51.5 Å². The highest BCUT2D eigenvalue weighted by Crippen LogP contribution is 2.09. The van der Waals surface area contributed by atoms with Crippen molar-refractivity contribution >= 4 is 11.6 Å². The van der Waals surface area contributed by atoms with E-state index in [2.05, 4.69) is 25.7 Å². The second-order valence-electron chi connectivity index (χ2n) is 4.32. The molecule has 3 heterocycles. The fourth-order valence-electron chi connectivity index (χ4n) is 1.89. The molecule has 1 amide bonds. The largest absolute Gasteiger partial charge is 0.378 e. The Kier molecular flexibility index (Phi) is 3.66. The second-order valence-corrected chi connectivity index (χ2v) is 4.32. The lowest BCUT2D eigenvalue weighted by Gasteiger charge is -2.22. The van der Waals surface area contributed by atoms with Crippen LogP contribution in [0.25, 0.3) is 5.82 Å². The fourth-order valence-corrected chi connectivity index (χ4v) is 1.89. The van der Waals surface area contributed by atoms with Crippen LogP contribution in [0, 0.1) is 0 Å². The molecule has 1 saturated heterocycles. The number of pyridine rings is 1. The molecular weight excluding hydrogens is 260 g/mol. The zero-order valence-corrected chi connectivity index (χ0v) is 10.7. The number of morpholine rings is 1. The Morgan fingerprint density at radius 2 is 2.45 bits per heavy atom. The van der Waals surface area contributed by atoms with Crippen molar-refractivity contribution in [2.45, 2.75) is 6.04 Å². The van der Waals surface area contributed by atoms with Crippen molar-refractivity contribution in [1.29, 1.82) is 0 Å². The minimum absolute atomic E-state index is 0.125. The summed E-state index contributed by atoms with van der Waals surface area (Å²) in [7, 11) is 0. The van der Waals surface area contributed by atoms with Crippen LogP contribution in [0.3, 0.4) is 0 Å². The molecule has 8 nitrogen and oxygen atoms in total. The van der Waals surface area contributed by atoms with E-state index in [1.165, 1.54) is 6.33 Å². The van der Waals surface area contributed by atoms with Crippen molar-refractivity contribution < 1.29 is 9.53 Å². The molecule has 1 aliphatic rings. The van der Waals surface area contributed by atoms with Gasteiger partial charge in [0.25, 0.3) is 0 Å². The molecule has 2 aromatic heterocycles. The maximum Gasteiger partial charge on any atom is 0.243 e. The highest BCUT2D eigenvalue weighted by Gasteiger charge is 2.21. The number of ether oxygens (including phenoxy) is 1. The van der Waals surface area contributed by atoms with Crippen LogP contribution in [0.2, 0.25) is 0 Å². The number of hydrogen-bond acceptors (Lipinski definition) is 6. The first-order chi connectivity index (χ1) is 9.83. The molecule has 2 N–H and O–H groups in total. The Labute approximate surface area is 115 Å². The van der Waals surface area contributed by atoms with Crippen molar-refractivity contribution in [3.8, 4) is 5.82 Å². The Hall–Kier alpha value is -2.32. The van der Waals surface area contributed by atoms with Gasteiger partial charge in [0, 0.05) is 6.54 Å². The van der Waals surface area contributed by atoms with Gasteiger partial charge in [0.05, 0.1) is 25.1 Å². The van der Waals surface area contributed by atoms with Crippen LogP contribution in [0.5, 0.6) is 0 Å². The minimum Gasteiger partial charge on any atom is -0.378 e. The fraction of sp³-hybridized carbons (Fsp3) is 0.333. The van der Waals surface area contributed by atoms with Crippen molar-refractivity contribution in [2.75, 3.05) is 25.1 Å². The number of anilines is 1. The van der Waals surface area contributed by atoms with E-state index in [-0.39, 0.29) is 11.9 Å². The summed E-state index contributed by atoms with van der Waals surface area (Å²) in [6.07, 6.45) is 4.58. The standard InChI is InChI=1S/C12H14N6O2/c19-12(10-6-20-4-3-14-10)17-9-1-2-11(15-5-9)18-8-13-7-16-18/h1-2,5,7-8,10,14H,3-4,6H2,(H,17,19). The van der Waals surface area contributed by atoms with Gasteiger partial charge >= 0.3 is 0 Å². The monoisotopic (exact) mass is 274 g/mol. The number of hydrogen-bond donors (Lipinski definition) is 2. The Morgan fingerprint density at radius 3 is 3.10 bits per heavy atom. The molecule has 1 fully saturated rings. The first kappa shape index (κ1) is 12.7. The van der Waals surface area contributed by atoms with Crippen LogP contribution < -0.4 is 10.6 Å². The zero-order chi connectivity index (χ0) is 13.8. The SMILES string of the molecule is O=C(Nc1ccc(-n2cncn2)nc1)C1COCCN1. The van der Waals surface area contributed by atoms with E-state index in [0.29, 0.717) is 31.3 Å². The third kappa shape index (κ3) is 2.81. The lowest BCUT2D eigenvalue weighted by molar-refractivity contribution is -0.120. The Morgan fingerprint density at radius 1 is 1.50 bits per heavy atom. The van der Waals surface area contributed by atoms with Gasteiger partial charge < -0.3 is 15.4 Å². The summed E-state index contributed by atoms with van der Waals surface area (Å²) in [5.74, 6) is 0.514. The van der Waals surface area contributed by atoms with E-state index < -0.39 is 0 Å². The number of nitrogens with zero attached hydrogens (tertiary/aromatic N) is 4. The van der Waals surface area contributed by atoms with Crippen LogP contribution in [-0.2, 0) is 9.53 Å². The predicted octanol–water partition coefficient (Wildman–Crippen LogP) is -0.411. The summed E-state index contributed by atoms with van der Waals surface area (Å²) in [4.78, 5) is 20.0. The van der Waals surface area contributed by atoms with Crippen LogP contribution in [0.4, 0.5) is 5.69 Å². The van der Waals surface area contributed by atoms with Crippen molar-refractivity contribution in [3.05, 3.63) is 31.0 Å². The summed E-state index contributed by atoms with van der Waals surface area (Å²) >= 11 is 0. The molecule has 0 aliphatic carbocycles. The Bertz CT molecular complexity index is 562. The van der Waals surface area contributed by atoms with Gasteiger partial charge in [-0.25, -0.2) is 14.6 Å². The van der Waals surface area contributed by atoms with E-state index in [9.17, 15) is 4.79 Å². The number of amides is 1. The van der Waals surface area contributed by atoms with E-state index in [4.69, 9.17) is 4.74 Å². The van der Waals surface area contributed by atoms with Gasteiger partial charge in [-0.3, -0.25) is 4.79 Å². The molecule has 0 bridgehead atoms. The highest BCUT2D eigenvalue weighted by atomic mass is 16.5. The average molecular weight is 274 g/mol. The normalized spacial score (nSPS) is 18.7.